The summed E-state index contributed by atoms with van der Waals surface area (Å²) in [5, 5.41) is 12.5. The maximum Gasteiger partial charge on any atom is 0.325 e. The monoisotopic (exact) mass is 277 g/mol. The lowest BCUT2D eigenvalue weighted by Crippen LogP contribution is -2.34. The molecule has 0 radical (unpaired) electrons. The Morgan fingerprint density at radius 2 is 2.00 bits per heavy atom. The van der Waals surface area contributed by atoms with E-state index in [4.69, 9.17) is 4.74 Å². The molecule has 0 amide bonds. The van der Waals surface area contributed by atoms with Crippen molar-refractivity contribution in [1.29, 1.82) is 0 Å². The molecule has 20 heavy (non-hydrogen) atoms. The van der Waals surface area contributed by atoms with Crippen molar-refractivity contribution in [1.82, 2.24) is 5.32 Å². The molecule has 0 spiro atoms. The molecule has 0 saturated carbocycles. The molecule has 1 heterocycles. The van der Waals surface area contributed by atoms with Gasteiger partial charge in [0.1, 0.15) is 6.04 Å². The molecule has 2 rings (SSSR count). The van der Waals surface area contributed by atoms with Crippen LogP contribution in [0.25, 0.3) is 0 Å². The third-order valence-corrected chi connectivity index (χ3v) is 3.76. The van der Waals surface area contributed by atoms with Crippen molar-refractivity contribution in [2.24, 2.45) is 0 Å². The number of carbonyl (C=O) groups is 1. The van der Waals surface area contributed by atoms with Crippen LogP contribution in [-0.4, -0.2) is 30.3 Å². The molecule has 4 heteroatoms. The van der Waals surface area contributed by atoms with Gasteiger partial charge in [0.05, 0.1) is 6.10 Å². The van der Waals surface area contributed by atoms with Gasteiger partial charge >= 0.3 is 5.97 Å². The lowest BCUT2D eigenvalue weighted by Gasteiger charge is -2.18. The molecular weight excluding hydrogens is 254 g/mol. The first-order chi connectivity index (χ1) is 9.58. The van der Waals surface area contributed by atoms with E-state index in [0.717, 1.165) is 25.0 Å². The molecular formula is C16H23NO3. The van der Waals surface area contributed by atoms with Gasteiger partial charge in [-0.1, -0.05) is 38.1 Å². The van der Waals surface area contributed by atoms with Crippen molar-refractivity contribution in [2.75, 3.05) is 13.2 Å². The van der Waals surface area contributed by atoms with Crippen LogP contribution in [0.2, 0.25) is 0 Å². The van der Waals surface area contributed by atoms with E-state index >= 15 is 0 Å². The molecule has 110 valence electrons. The number of hydrogen-bond acceptors (Lipinski definition) is 3. The molecule has 4 nitrogen and oxygen atoms in total. The normalized spacial score (nSPS) is 20.2. The number of carboxylic acids is 1. The summed E-state index contributed by atoms with van der Waals surface area (Å²) in [7, 11) is 0. The SMILES string of the molecule is CC(C)c1ccc(C(NCC2CCCO2)C(=O)O)cc1. The van der Waals surface area contributed by atoms with Gasteiger partial charge in [-0.05, 0) is 29.9 Å². The van der Waals surface area contributed by atoms with E-state index in [-0.39, 0.29) is 6.10 Å². The average molecular weight is 277 g/mol. The third-order valence-electron chi connectivity index (χ3n) is 3.76. The summed E-state index contributed by atoms with van der Waals surface area (Å²) >= 11 is 0. The Balaban J connectivity index is 2.01. The van der Waals surface area contributed by atoms with Crippen LogP contribution in [0.1, 0.15) is 49.8 Å². The van der Waals surface area contributed by atoms with E-state index in [0.29, 0.717) is 12.5 Å². The highest BCUT2D eigenvalue weighted by Gasteiger charge is 2.22. The highest BCUT2D eigenvalue weighted by molar-refractivity contribution is 5.75. The van der Waals surface area contributed by atoms with Crippen LogP contribution in [0.5, 0.6) is 0 Å². The van der Waals surface area contributed by atoms with Gasteiger partial charge in [-0.2, -0.15) is 0 Å². The van der Waals surface area contributed by atoms with Crippen molar-refractivity contribution >= 4 is 5.97 Å². The molecule has 0 bridgehead atoms. The minimum Gasteiger partial charge on any atom is -0.480 e. The molecule has 1 saturated heterocycles. The smallest absolute Gasteiger partial charge is 0.325 e. The first kappa shape index (κ1) is 15.0. The quantitative estimate of drug-likeness (QED) is 0.839. The first-order valence-electron chi connectivity index (χ1n) is 7.25. The Morgan fingerprint density at radius 1 is 1.35 bits per heavy atom. The molecule has 1 aliphatic rings. The minimum absolute atomic E-state index is 0.145. The molecule has 2 unspecified atom stereocenters. The van der Waals surface area contributed by atoms with Crippen LogP contribution in [0, 0.1) is 0 Å². The molecule has 2 atom stereocenters. The summed E-state index contributed by atoms with van der Waals surface area (Å²) in [5.74, 6) is -0.396. The van der Waals surface area contributed by atoms with Gasteiger partial charge in [0, 0.05) is 13.2 Å². The summed E-state index contributed by atoms with van der Waals surface area (Å²) in [6.07, 6.45) is 2.21. The number of rotatable bonds is 6. The molecule has 1 aromatic rings. The number of nitrogens with one attached hydrogen (secondary N) is 1. The Hall–Kier alpha value is -1.39. The van der Waals surface area contributed by atoms with Gasteiger partial charge in [0.25, 0.3) is 0 Å². The van der Waals surface area contributed by atoms with Crippen LogP contribution in [0.4, 0.5) is 0 Å². The summed E-state index contributed by atoms with van der Waals surface area (Å²) in [6, 6.07) is 7.14. The van der Waals surface area contributed by atoms with Gasteiger partial charge in [0.2, 0.25) is 0 Å². The molecule has 1 fully saturated rings. The lowest BCUT2D eigenvalue weighted by molar-refractivity contribution is -0.139. The van der Waals surface area contributed by atoms with Crippen molar-refractivity contribution < 1.29 is 14.6 Å². The first-order valence-corrected chi connectivity index (χ1v) is 7.25. The highest BCUT2D eigenvalue weighted by Crippen LogP contribution is 2.20. The summed E-state index contributed by atoms with van der Waals surface area (Å²) in [5.41, 5.74) is 2.01. The molecule has 2 N–H and O–H groups in total. The van der Waals surface area contributed by atoms with E-state index in [9.17, 15) is 9.90 Å². The lowest BCUT2D eigenvalue weighted by atomic mass is 9.99. The fourth-order valence-corrected chi connectivity index (χ4v) is 2.48. The Bertz CT molecular complexity index is 436. The van der Waals surface area contributed by atoms with Crippen LogP contribution >= 0.6 is 0 Å². The van der Waals surface area contributed by atoms with Gasteiger partial charge < -0.3 is 9.84 Å². The second-order valence-corrected chi connectivity index (χ2v) is 5.64. The van der Waals surface area contributed by atoms with E-state index in [2.05, 4.69) is 19.2 Å². The van der Waals surface area contributed by atoms with E-state index in [1.165, 1.54) is 5.56 Å². The Morgan fingerprint density at radius 3 is 2.50 bits per heavy atom. The minimum atomic E-state index is -0.847. The predicted octanol–water partition coefficient (Wildman–Crippen LogP) is 2.70. The van der Waals surface area contributed by atoms with E-state index in [1.807, 2.05) is 24.3 Å². The zero-order chi connectivity index (χ0) is 14.5. The summed E-state index contributed by atoms with van der Waals surface area (Å²) < 4.78 is 5.51. The maximum absolute atomic E-state index is 11.4. The number of carboxylic acid groups (broad SMARTS) is 1. The predicted molar refractivity (Wildman–Crippen MR) is 77.9 cm³/mol. The number of hydrogen-bond donors (Lipinski definition) is 2. The molecule has 0 aliphatic carbocycles. The van der Waals surface area contributed by atoms with Gasteiger partial charge in [-0.15, -0.1) is 0 Å². The second kappa shape index (κ2) is 6.86. The maximum atomic E-state index is 11.4. The fraction of sp³-hybridized carbons (Fsp3) is 0.562. The molecule has 1 aliphatic heterocycles. The van der Waals surface area contributed by atoms with Crippen molar-refractivity contribution in [3.63, 3.8) is 0 Å². The zero-order valence-electron chi connectivity index (χ0n) is 12.1. The van der Waals surface area contributed by atoms with Crippen molar-refractivity contribution in [3.8, 4) is 0 Å². The van der Waals surface area contributed by atoms with Crippen molar-refractivity contribution in [2.45, 2.75) is 44.8 Å². The summed E-state index contributed by atoms with van der Waals surface area (Å²) in [4.78, 5) is 11.4. The van der Waals surface area contributed by atoms with Gasteiger partial charge in [-0.3, -0.25) is 10.1 Å². The van der Waals surface area contributed by atoms with E-state index in [1.54, 1.807) is 0 Å². The average Bonchev–Trinajstić information content (AvgIpc) is 2.92. The molecule has 0 aromatic heterocycles. The van der Waals surface area contributed by atoms with Crippen LogP contribution in [0.3, 0.4) is 0 Å². The Labute approximate surface area is 120 Å². The third kappa shape index (κ3) is 3.81. The number of aliphatic carboxylic acids is 1. The summed E-state index contributed by atoms with van der Waals surface area (Å²) in [6.45, 7) is 5.62. The standard InChI is InChI=1S/C16H23NO3/c1-11(2)12-5-7-13(8-6-12)15(16(18)19)17-10-14-4-3-9-20-14/h5-8,11,14-15,17H,3-4,9-10H2,1-2H3,(H,18,19). The fourth-order valence-electron chi connectivity index (χ4n) is 2.48. The zero-order valence-corrected chi connectivity index (χ0v) is 12.1. The molecule has 1 aromatic carbocycles. The van der Waals surface area contributed by atoms with Crippen LogP contribution in [0.15, 0.2) is 24.3 Å². The second-order valence-electron chi connectivity index (χ2n) is 5.64. The van der Waals surface area contributed by atoms with Gasteiger partial charge in [-0.25, -0.2) is 0 Å². The highest BCUT2D eigenvalue weighted by atomic mass is 16.5. The van der Waals surface area contributed by atoms with Gasteiger partial charge in [0.15, 0.2) is 0 Å². The van der Waals surface area contributed by atoms with Crippen LogP contribution < -0.4 is 5.32 Å². The number of ether oxygens (including phenoxy) is 1. The topological polar surface area (TPSA) is 58.6 Å². The Kier molecular flexibility index (Phi) is 5.15. The largest absolute Gasteiger partial charge is 0.480 e. The number of benzene rings is 1. The van der Waals surface area contributed by atoms with E-state index < -0.39 is 12.0 Å². The van der Waals surface area contributed by atoms with Crippen molar-refractivity contribution in [3.05, 3.63) is 35.4 Å². The van der Waals surface area contributed by atoms with Crippen LogP contribution in [-0.2, 0) is 9.53 Å².